The van der Waals surface area contributed by atoms with Crippen LogP contribution in [-0.4, -0.2) is 43.5 Å². The molecule has 2 fully saturated rings. The monoisotopic (exact) mass is 337 g/mol. The molecular weight excluding hydrogens is 310 g/mol. The number of nitrogens with one attached hydrogen (secondary N) is 2. The third kappa shape index (κ3) is 4.46. The van der Waals surface area contributed by atoms with Gasteiger partial charge in [-0.15, -0.1) is 12.4 Å². The Hall–Kier alpha value is -1.10. The molecule has 1 aromatic carbocycles. The van der Waals surface area contributed by atoms with Crippen LogP contribution in [0.2, 0.25) is 0 Å². The van der Waals surface area contributed by atoms with E-state index in [9.17, 15) is 4.79 Å². The van der Waals surface area contributed by atoms with Crippen LogP contribution in [0.15, 0.2) is 24.3 Å². The zero-order chi connectivity index (χ0) is 15.6. The fourth-order valence-corrected chi connectivity index (χ4v) is 3.66. The van der Waals surface area contributed by atoms with E-state index in [0.717, 1.165) is 31.9 Å². The first-order valence-electron chi connectivity index (χ1n) is 8.39. The Morgan fingerprint density at radius 2 is 2.04 bits per heavy atom. The average molecular weight is 338 g/mol. The summed E-state index contributed by atoms with van der Waals surface area (Å²) in [7, 11) is 0. The molecule has 1 aromatic rings. The van der Waals surface area contributed by atoms with E-state index in [2.05, 4.69) is 41.5 Å². The maximum Gasteiger partial charge on any atom is 0.238 e. The van der Waals surface area contributed by atoms with E-state index in [0.29, 0.717) is 17.9 Å². The SMILES string of the molecule is CC(C)c1ccc(NC(=O)CN2CCC3(CCNC3)C2)cc1.Cl. The number of amides is 1. The van der Waals surface area contributed by atoms with Crippen LogP contribution in [0, 0.1) is 5.41 Å². The van der Waals surface area contributed by atoms with Gasteiger partial charge in [0.25, 0.3) is 0 Å². The van der Waals surface area contributed by atoms with Crippen LogP contribution in [0.1, 0.15) is 38.2 Å². The first-order valence-corrected chi connectivity index (χ1v) is 8.39. The highest BCUT2D eigenvalue weighted by Gasteiger charge is 2.40. The Bertz CT molecular complexity index is 524. The van der Waals surface area contributed by atoms with Gasteiger partial charge in [-0.05, 0) is 55.0 Å². The fourth-order valence-electron chi connectivity index (χ4n) is 3.66. The lowest BCUT2D eigenvalue weighted by atomic mass is 9.87. The molecule has 128 valence electrons. The summed E-state index contributed by atoms with van der Waals surface area (Å²) in [6.07, 6.45) is 2.47. The summed E-state index contributed by atoms with van der Waals surface area (Å²) >= 11 is 0. The number of hydrogen-bond acceptors (Lipinski definition) is 3. The molecule has 1 unspecified atom stereocenters. The van der Waals surface area contributed by atoms with Crippen molar-refractivity contribution in [3.8, 4) is 0 Å². The molecule has 2 N–H and O–H groups in total. The Morgan fingerprint density at radius 3 is 2.65 bits per heavy atom. The van der Waals surface area contributed by atoms with Gasteiger partial charge >= 0.3 is 0 Å². The van der Waals surface area contributed by atoms with Gasteiger partial charge in [0.1, 0.15) is 0 Å². The van der Waals surface area contributed by atoms with Gasteiger partial charge in [0.2, 0.25) is 5.91 Å². The second-order valence-corrected chi connectivity index (χ2v) is 7.21. The van der Waals surface area contributed by atoms with Gasteiger partial charge in [0.05, 0.1) is 6.54 Å². The second kappa shape index (κ2) is 7.65. The summed E-state index contributed by atoms with van der Waals surface area (Å²) in [6, 6.07) is 8.18. The summed E-state index contributed by atoms with van der Waals surface area (Å²) in [6.45, 7) is 9.20. The van der Waals surface area contributed by atoms with Crippen molar-refractivity contribution in [2.45, 2.75) is 32.6 Å². The summed E-state index contributed by atoms with van der Waals surface area (Å²) in [5.41, 5.74) is 2.62. The molecule has 2 heterocycles. The van der Waals surface area contributed by atoms with E-state index in [-0.39, 0.29) is 18.3 Å². The molecule has 2 aliphatic rings. The summed E-state index contributed by atoms with van der Waals surface area (Å²) in [5, 5.41) is 6.47. The number of carbonyl (C=O) groups excluding carboxylic acids is 1. The smallest absolute Gasteiger partial charge is 0.238 e. The minimum absolute atomic E-state index is 0. The van der Waals surface area contributed by atoms with Gasteiger partial charge in [0.15, 0.2) is 0 Å². The zero-order valence-corrected chi connectivity index (χ0v) is 14.9. The van der Waals surface area contributed by atoms with E-state index in [1.807, 2.05) is 12.1 Å². The van der Waals surface area contributed by atoms with Gasteiger partial charge < -0.3 is 10.6 Å². The minimum atomic E-state index is 0. The Balaban J connectivity index is 0.00000192. The van der Waals surface area contributed by atoms with Gasteiger partial charge in [-0.2, -0.15) is 0 Å². The van der Waals surface area contributed by atoms with Crippen molar-refractivity contribution in [3.63, 3.8) is 0 Å². The maximum absolute atomic E-state index is 12.2. The van der Waals surface area contributed by atoms with Gasteiger partial charge in [-0.3, -0.25) is 9.69 Å². The highest BCUT2D eigenvalue weighted by molar-refractivity contribution is 5.92. The van der Waals surface area contributed by atoms with Crippen LogP contribution < -0.4 is 10.6 Å². The predicted octanol–water partition coefficient (Wildman–Crippen LogP) is 2.86. The largest absolute Gasteiger partial charge is 0.325 e. The molecule has 1 atom stereocenters. The van der Waals surface area contributed by atoms with Crippen LogP contribution in [0.5, 0.6) is 0 Å². The van der Waals surface area contributed by atoms with Crippen LogP contribution in [0.4, 0.5) is 5.69 Å². The van der Waals surface area contributed by atoms with Crippen molar-refractivity contribution < 1.29 is 4.79 Å². The number of halogens is 1. The number of hydrogen-bond donors (Lipinski definition) is 2. The van der Waals surface area contributed by atoms with Crippen LogP contribution in [0.25, 0.3) is 0 Å². The van der Waals surface area contributed by atoms with Crippen molar-refractivity contribution in [2.75, 3.05) is 38.0 Å². The Labute approximate surface area is 145 Å². The molecule has 2 saturated heterocycles. The Morgan fingerprint density at radius 1 is 1.30 bits per heavy atom. The number of anilines is 1. The summed E-state index contributed by atoms with van der Waals surface area (Å²) in [4.78, 5) is 14.5. The number of benzene rings is 1. The number of nitrogens with zero attached hydrogens (tertiary/aromatic N) is 1. The van der Waals surface area contributed by atoms with E-state index in [1.54, 1.807) is 0 Å². The Kier molecular flexibility index (Phi) is 6.06. The molecule has 4 nitrogen and oxygen atoms in total. The zero-order valence-electron chi connectivity index (χ0n) is 14.1. The van der Waals surface area contributed by atoms with Crippen LogP contribution >= 0.6 is 12.4 Å². The molecule has 0 saturated carbocycles. The third-order valence-corrected chi connectivity index (χ3v) is 5.08. The molecule has 1 spiro atoms. The normalized spacial score (nSPS) is 24.1. The maximum atomic E-state index is 12.2. The topological polar surface area (TPSA) is 44.4 Å². The van der Waals surface area contributed by atoms with E-state index in [1.165, 1.54) is 18.4 Å². The van der Waals surface area contributed by atoms with E-state index < -0.39 is 0 Å². The molecule has 2 aliphatic heterocycles. The molecule has 3 rings (SSSR count). The molecule has 0 radical (unpaired) electrons. The van der Waals surface area contributed by atoms with Gasteiger partial charge in [-0.25, -0.2) is 0 Å². The van der Waals surface area contributed by atoms with Crippen molar-refractivity contribution >= 4 is 24.0 Å². The molecular formula is C18H28ClN3O. The lowest BCUT2D eigenvalue weighted by Gasteiger charge is -2.22. The number of likely N-dealkylation sites (tertiary alicyclic amines) is 1. The molecule has 0 aliphatic carbocycles. The average Bonchev–Trinajstić information content (AvgIpc) is 3.10. The summed E-state index contributed by atoms with van der Waals surface area (Å²) < 4.78 is 0. The van der Waals surface area contributed by atoms with E-state index in [4.69, 9.17) is 0 Å². The van der Waals surface area contributed by atoms with Crippen molar-refractivity contribution in [1.29, 1.82) is 0 Å². The van der Waals surface area contributed by atoms with Crippen molar-refractivity contribution in [2.24, 2.45) is 5.41 Å². The minimum Gasteiger partial charge on any atom is -0.325 e. The molecule has 23 heavy (non-hydrogen) atoms. The quantitative estimate of drug-likeness (QED) is 0.888. The highest BCUT2D eigenvalue weighted by atomic mass is 35.5. The highest BCUT2D eigenvalue weighted by Crippen LogP contribution is 2.35. The second-order valence-electron chi connectivity index (χ2n) is 7.21. The van der Waals surface area contributed by atoms with E-state index >= 15 is 0 Å². The van der Waals surface area contributed by atoms with Gasteiger partial charge in [-0.1, -0.05) is 26.0 Å². The number of rotatable bonds is 4. The lowest BCUT2D eigenvalue weighted by molar-refractivity contribution is -0.117. The molecule has 0 bridgehead atoms. The van der Waals surface area contributed by atoms with Crippen LogP contribution in [-0.2, 0) is 4.79 Å². The first kappa shape index (κ1) is 18.2. The van der Waals surface area contributed by atoms with Crippen LogP contribution in [0.3, 0.4) is 0 Å². The molecule has 1 amide bonds. The van der Waals surface area contributed by atoms with Crippen molar-refractivity contribution in [1.82, 2.24) is 10.2 Å². The van der Waals surface area contributed by atoms with Crippen molar-refractivity contribution in [3.05, 3.63) is 29.8 Å². The fraction of sp³-hybridized carbons (Fsp3) is 0.611. The summed E-state index contributed by atoms with van der Waals surface area (Å²) in [5.74, 6) is 0.617. The molecule has 5 heteroatoms. The molecule has 0 aromatic heterocycles. The predicted molar refractivity (Wildman–Crippen MR) is 97.4 cm³/mol. The number of carbonyl (C=O) groups is 1. The first-order chi connectivity index (χ1) is 10.6. The third-order valence-electron chi connectivity index (χ3n) is 5.08. The standard InChI is InChI=1S/C18H27N3O.ClH/c1-14(2)15-3-5-16(6-4-15)20-17(22)11-21-10-8-18(13-21)7-9-19-12-18;/h3-6,14,19H,7-13H2,1-2H3,(H,20,22);1H. The lowest BCUT2D eigenvalue weighted by Crippen LogP contribution is -2.34. The van der Waals surface area contributed by atoms with Gasteiger partial charge in [0, 0.05) is 18.8 Å².